The number of amides is 1. The molecule has 0 radical (unpaired) electrons. The van der Waals surface area contributed by atoms with Crippen LogP contribution in [0.3, 0.4) is 0 Å². The van der Waals surface area contributed by atoms with Crippen LogP contribution >= 0.6 is 0 Å². The Hall–Kier alpha value is -0.810. The van der Waals surface area contributed by atoms with Crippen LogP contribution < -0.4 is 11.1 Å². The highest BCUT2D eigenvalue weighted by Crippen LogP contribution is 2.19. The summed E-state index contributed by atoms with van der Waals surface area (Å²) in [5, 5.41) is 2.48. The van der Waals surface area contributed by atoms with Crippen LogP contribution in [0.2, 0.25) is 0 Å². The molecule has 2 aliphatic heterocycles. The minimum atomic E-state index is -0.440. The van der Waals surface area contributed by atoms with Crippen LogP contribution in [-0.4, -0.2) is 31.1 Å². The second kappa shape index (κ2) is 1.83. The number of nitrogens with one attached hydrogen (secondary N) is 1. The number of ether oxygens (including phenoxy) is 2. The van der Waals surface area contributed by atoms with E-state index < -0.39 is 6.09 Å². The van der Waals surface area contributed by atoms with E-state index in [-0.39, 0.29) is 18.4 Å². The Bertz CT molecular complexity index is 172. The third-order valence-corrected chi connectivity index (χ3v) is 1.69. The average molecular weight is 144 g/mol. The zero-order chi connectivity index (χ0) is 7.14. The van der Waals surface area contributed by atoms with Crippen LogP contribution in [0, 0.1) is 0 Å². The predicted molar refractivity (Wildman–Crippen MR) is 31.1 cm³/mol. The molecule has 0 saturated carbocycles. The van der Waals surface area contributed by atoms with Gasteiger partial charge in [-0.3, -0.25) is 5.32 Å². The van der Waals surface area contributed by atoms with Crippen molar-refractivity contribution >= 4 is 6.09 Å². The second-order valence-electron chi connectivity index (χ2n) is 2.43. The molecular weight excluding hydrogens is 136 g/mol. The lowest BCUT2D eigenvalue weighted by Gasteiger charge is -2.06. The molecule has 3 unspecified atom stereocenters. The van der Waals surface area contributed by atoms with Crippen molar-refractivity contribution in [1.82, 2.24) is 5.32 Å². The van der Waals surface area contributed by atoms with E-state index in [0.717, 1.165) is 0 Å². The summed E-state index contributed by atoms with van der Waals surface area (Å²) in [6.07, 6.45) is -1.04. The fraction of sp³-hybridized carbons (Fsp3) is 0.800. The molecule has 56 valence electrons. The molecule has 3 atom stereocenters. The maximum atomic E-state index is 10.5. The standard InChI is InChI=1S/C5H8N2O3/c6-2-1-9-4-3(2)10-5(8)7-4/h2-4H,1,6H2,(H,7,8). The zero-order valence-electron chi connectivity index (χ0n) is 5.24. The van der Waals surface area contributed by atoms with Gasteiger partial charge in [0.25, 0.3) is 0 Å². The van der Waals surface area contributed by atoms with Crippen LogP contribution in [0.4, 0.5) is 4.79 Å². The fourth-order valence-corrected chi connectivity index (χ4v) is 1.18. The Morgan fingerprint density at radius 3 is 3.20 bits per heavy atom. The van der Waals surface area contributed by atoms with Crippen LogP contribution in [0.5, 0.6) is 0 Å². The minimum absolute atomic E-state index is 0.177. The Balaban J connectivity index is 2.12. The molecule has 0 spiro atoms. The molecule has 0 aliphatic carbocycles. The molecule has 0 aromatic heterocycles. The molecule has 3 N–H and O–H groups in total. The Kier molecular flexibility index (Phi) is 1.09. The first-order valence-electron chi connectivity index (χ1n) is 3.12. The van der Waals surface area contributed by atoms with E-state index in [1.54, 1.807) is 0 Å². The van der Waals surface area contributed by atoms with Crippen molar-refractivity contribution in [1.29, 1.82) is 0 Å². The van der Waals surface area contributed by atoms with Crippen LogP contribution in [-0.2, 0) is 9.47 Å². The topological polar surface area (TPSA) is 73.6 Å². The third kappa shape index (κ3) is 0.676. The molecule has 1 amide bonds. The van der Waals surface area contributed by atoms with E-state index in [4.69, 9.17) is 15.2 Å². The van der Waals surface area contributed by atoms with Crippen molar-refractivity contribution < 1.29 is 14.3 Å². The van der Waals surface area contributed by atoms with Gasteiger partial charge in [0.15, 0.2) is 12.3 Å². The quantitative estimate of drug-likeness (QED) is 0.447. The van der Waals surface area contributed by atoms with E-state index >= 15 is 0 Å². The molecule has 2 saturated heterocycles. The zero-order valence-corrected chi connectivity index (χ0v) is 5.24. The molecule has 10 heavy (non-hydrogen) atoms. The van der Waals surface area contributed by atoms with Crippen molar-refractivity contribution in [3.63, 3.8) is 0 Å². The van der Waals surface area contributed by atoms with E-state index in [2.05, 4.69) is 5.32 Å². The summed E-state index contributed by atoms with van der Waals surface area (Å²) in [6, 6.07) is -0.177. The monoisotopic (exact) mass is 144 g/mol. The summed E-state index contributed by atoms with van der Waals surface area (Å²) >= 11 is 0. The Labute approximate surface area is 57.5 Å². The lowest BCUT2D eigenvalue weighted by Crippen LogP contribution is -2.36. The number of alkyl carbamates (subject to hydrolysis) is 1. The van der Waals surface area contributed by atoms with Crippen LogP contribution in [0.15, 0.2) is 0 Å². The van der Waals surface area contributed by atoms with Gasteiger partial charge >= 0.3 is 6.09 Å². The lowest BCUT2D eigenvalue weighted by molar-refractivity contribution is 0.0739. The van der Waals surface area contributed by atoms with Gasteiger partial charge in [0.2, 0.25) is 0 Å². The summed E-state index contributed by atoms with van der Waals surface area (Å²) < 4.78 is 9.88. The summed E-state index contributed by atoms with van der Waals surface area (Å²) in [6.45, 7) is 0.454. The number of fused-ring (bicyclic) bond motifs is 1. The number of carbonyl (C=O) groups excluding carboxylic acids is 1. The average Bonchev–Trinajstić information content (AvgIpc) is 2.35. The molecule has 0 aromatic rings. The minimum Gasteiger partial charge on any atom is -0.440 e. The highest BCUT2D eigenvalue weighted by molar-refractivity contribution is 5.70. The van der Waals surface area contributed by atoms with E-state index in [1.165, 1.54) is 0 Å². The van der Waals surface area contributed by atoms with Crippen molar-refractivity contribution in [3.05, 3.63) is 0 Å². The van der Waals surface area contributed by atoms with Gasteiger partial charge in [-0.1, -0.05) is 0 Å². The van der Waals surface area contributed by atoms with Gasteiger partial charge in [0.1, 0.15) is 0 Å². The highest BCUT2D eigenvalue weighted by Gasteiger charge is 2.44. The molecule has 5 heteroatoms. The first kappa shape index (κ1) is 5.94. The van der Waals surface area contributed by atoms with Crippen molar-refractivity contribution in [2.45, 2.75) is 18.4 Å². The van der Waals surface area contributed by atoms with E-state index in [1.807, 2.05) is 0 Å². The van der Waals surface area contributed by atoms with Gasteiger partial charge < -0.3 is 15.2 Å². The number of hydrogen-bond donors (Lipinski definition) is 2. The summed E-state index contributed by atoms with van der Waals surface area (Å²) in [5.74, 6) is 0. The second-order valence-corrected chi connectivity index (χ2v) is 2.43. The maximum absolute atomic E-state index is 10.5. The van der Waals surface area contributed by atoms with Gasteiger partial charge in [-0.25, -0.2) is 4.79 Å². The predicted octanol–water partition coefficient (Wildman–Crippen LogP) is -1.22. The van der Waals surface area contributed by atoms with Gasteiger partial charge in [-0.15, -0.1) is 0 Å². The first-order chi connectivity index (χ1) is 4.77. The van der Waals surface area contributed by atoms with Gasteiger partial charge in [0, 0.05) is 0 Å². The molecule has 5 nitrogen and oxygen atoms in total. The van der Waals surface area contributed by atoms with Crippen molar-refractivity contribution in [2.24, 2.45) is 5.73 Å². The molecule has 0 aromatic carbocycles. The van der Waals surface area contributed by atoms with Gasteiger partial charge in [0.05, 0.1) is 12.6 Å². The van der Waals surface area contributed by atoms with E-state index in [9.17, 15) is 4.79 Å². The largest absolute Gasteiger partial charge is 0.440 e. The summed E-state index contributed by atoms with van der Waals surface area (Å²) in [7, 11) is 0. The van der Waals surface area contributed by atoms with Crippen LogP contribution in [0.1, 0.15) is 0 Å². The summed E-state index contributed by atoms with van der Waals surface area (Å²) in [4.78, 5) is 10.5. The van der Waals surface area contributed by atoms with Crippen molar-refractivity contribution in [3.8, 4) is 0 Å². The fourth-order valence-electron chi connectivity index (χ4n) is 1.18. The smallest absolute Gasteiger partial charge is 0.409 e. The van der Waals surface area contributed by atoms with Crippen LogP contribution in [0.25, 0.3) is 0 Å². The third-order valence-electron chi connectivity index (χ3n) is 1.69. The Morgan fingerprint density at radius 1 is 1.70 bits per heavy atom. The van der Waals surface area contributed by atoms with Crippen molar-refractivity contribution in [2.75, 3.05) is 6.61 Å². The molecule has 2 heterocycles. The molecule has 2 fully saturated rings. The summed E-state index contributed by atoms with van der Waals surface area (Å²) in [5.41, 5.74) is 5.54. The van der Waals surface area contributed by atoms with Gasteiger partial charge in [-0.05, 0) is 0 Å². The Morgan fingerprint density at radius 2 is 2.50 bits per heavy atom. The number of rotatable bonds is 0. The number of carbonyl (C=O) groups is 1. The molecule has 0 bridgehead atoms. The SMILES string of the molecule is NC1COC2NC(=O)OC12. The van der Waals surface area contributed by atoms with Gasteiger partial charge in [-0.2, -0.15) is 0 Å². The normalized spacial score (nSPS) is 44.5. The number of hydrogen-bond acceptors (Lipinski definition) is 4. The molecular formula is C5H8N2O3. The number of nitrogens with two attached hydrogens (primary N) is 1. The molecule has 2 rings (SSSR count). The first-order valence-corrected chi connectivity index (χ1v) is 3.12. The molecule has 2 aliphatic rings. The maximum Gasteiger partial charge on any atom is 0.409 e. The van der Waals surface area contributed by atoms with E-state index in [0.29, 0.717) is 6.61 Å². The lowest BCUT2D eigenvalue weighted by atomic mass is 10.2. The highest BCUT2D eigenvalue weighted by atomic mass is 16.6.